The zero-order valence-electron chi connectivity index (χ0n) is 13.7. The molecule has 2 aromatic rings. The zero-order chi connectivity index (χ0) is 17.9. The van der Waals surface area contributed by atoms with Crippen molar-refractivity contribution in [1.29, 1.82) is 0 Å². The minimum absolute atomic E-state index is 0.0889. The minimum atomic E-state index is -0.162. The molecule has 0 aliphatic heterocycles. The van der Waals surface area contributed by atoms with E-state index < -0.39 is 0 Å². The van der Waals surface area contributed by atoms with E-state index in [0.29, 0.717) is 18.8 Å². The molecule has 0 fully saturated rings. The van der Waals surface area contributed by atoms with Crippen LogP contribution in [-0.4, -0.2) is 50.5 Å². The maximum Gasteiger partial charge on any atom is 0.220 e. The van der Waals surface area contributed by atoms with E-state index in [-0.39, 0.29) is 37.8 Å². The summed E-state index contributed by atoms with van der Waals surface area (Å²) < 4.78 is 0. The number of hydrogen-bond acceptors (Lipinski definition) is 7. The molecule has 2 rings (SSSR count). The molecule has 1 aromatic carbocycles. The van der Waals surface area contributed by atoms with Gasteiger partial charge in [-0.2, -0.15) is 0 Å². The molecule has 25 heavy (non-hydrogen) atoms. The second-order valence-corrected chi connectivity index (χ2v) is 5.27. The van der Waals surface area contributed by atoms with E-state index in [1.807, 2.05) is 24.3 Å². The van der Waals surface area contributed by atoms with Gasteiger partial charge in [-0.05, 0) is 12.0 Å². The fraction of sp³-hybridized carbons (Fsp3) is 0.375. The van der Waals surface area contributed by atoms with E-state index in [9.17, 15) is 9.59 Å². The molecular formula is C16H20N6O3. The van der Waals surface area contributed by atoms with Crippen LogP contribution in [0.15, 0.2) is 30.6 Å². The molecule has 0 bridgehead atoms. The monoisotopic (exact) mass is 344 g/mol. The Bertz CT molecular complexity index is 678. The molecule has 132 valence electrons. The van der Waals surface area contributed by atoms with Gasteiger partial charge < -0.3 is 15.7 Å². The van der Waals surface area contributed by atoms with Gasteiger partial charge in [0.2, 0.25) is 17.6 Å². The predicted molar refractivity (Wildman–Crippen MR) is 88.9 cm³/mol. The highest BCUT2D eigenvalue weighted by Gasteiger charge is 2.06. The van der Waals surface area contributed by atoms with Crippen molar-refractivity contribution in [1.82, 2.24) is 31.0 Å². The number of aliphatic hydroxyl groups is 1. The van der Waals surface area contributed by atoms with Crippen molar-refractivity contribution in [2.24, 2.45) is 0 Å². The summed E-state index contributed by atoms with van der Waals surface area (Å²) in [6.45, 7) is 0.553. The molecule has 0 aliphatic rings. The van der Waals surface area contributed by atoms with Gasteiger partial charge in [-0.15, -0.1) is 20.4 Å². The maximum atomic E-state index is 11.8. The smallest absolute Gasteiger partial charge is 0.220 e. The number of aliphatic hydroxyl groups excluding tert-OH is 1. The lowest BCUT2D eigenvalue weighted by molar-refractivity contribution is -0.122. The van der Waals surface area contributed by atoms with Crippen molar-refractivity contribution in [3.63, 3.8) is 0 Å². The van der Waals surface area contributed by atoms with Crippen LogP contribution in [0.4, 0.5) is 0 Å². The van der Waals surface area contributed by atoms with Crippen molar-refractivity contribution < 1.29 is 14.7 Å². The molecule has 0 radical (unpaired) electrons. The highest BCUT2D eigenvalue weighted by atomic mass is 16.3. The second kappa shape index (κ2) is 10.0. The third-order valence-corrected chi connectivity index (χ3v) is 3.35. The lowest BCUT2D eigenvalue weighted by Crippen LogP contribution is -2.27. The number of nitrogens with one attached hydrogen (secondary N) is 2. The molecule has 1 heterocycles. The molecule has 0 saturated carbocycles. The van der Waals surface area contributed by atoms with Gasteiger partial charge in [0, 0.05) is 31.5 Å². The van der Waals surface area contributed by atoms with Crippen molar-refractivity contribution in [2.45, 2.75) is 25.8 Å². The Morgan fingerprint density at radius 1 is 0.960 bits per heavy atom. The first-order valence-corrected chi connectivity index (χ1v) is 7.93. The quantitative estimate of drug-likeness (QED) is 0.575. The van der Waals surface area contributed by atoms with Gasteiger partial charge in [0.15, 0.2) is 6.33 Å². The van der Waals surface area contributed by atoms with Crippen LogP contribution in [0, 0.1) is 0 Å². The normalized spacial score (nSPS) is 10.3. The summed E-state index contributed by atoms with van der Waals surface area (Å²) in [5.74, 6) is 0.168. The number of carbonyl (C=O) groups excluding carboxylic acids is 2. The molecule has 0 atom stereocenters. The van der Waals surface area contributed by atoms with Gasteiger partial charge in [-0.1, -0.05) is 24.3 Å². The first-order valence-electron chi connectivity index (χ1n) is 7.93. The number of rotatable bonds is 9. The van der Waals surface area contributed by atoms with Gasteiger partial charge in [0.25, 0.3) is 0 Å². The average molecular weight is 344 g/mol. The second-order valence-electron chi connectivity index (χ2n) is 5.27. The number of nitrogens with zero attached hydrogens (tertiary/aromatic N) is 4. The number of carbonyl (C=O) groups is 2. The van der Waals surface area contributed by atoms with Crippen molar-refractivity contribution >= 4 is 11.8 Å². The van der Waals surface area contributed by atoms with Gasteiger partial charge in [0.05, 0.1) is 6.61 Å². The van der Waals surface area contributed by atoms with E-state index in [1.165, 1.54) is 6.33 Å². The number of amides is 2. The van der Waals surface area contributed by atoms with Gasteiger partial charge in [-0.3, -0.25) is 9.59 Å². The van der Waals surface area contributed by atoms with Crippen molar-refractivity contribution in [3.05, 3.63) is 36.2 Å². The summed E-state index contributed by atoms with van der Waals surface area (Å²) in [4.78, 5) is 23.1. The lowest BCUT2D eigenvalue weighted by Gasteiger charge is -2.06. The van der Waals surface area contributed by atoms with Gasteiger partial charge >= 0.3 is 0 Å². The summed E-state index contributed by atoms with van der Waals surface area (Å²) in [5, 5.41) is 29.1. The van der Waals surface area contributed by atoms with E-state index >= 15 is 0 Å². The fourth-order valence-corrected chi connectivity index (χ4v) is 2.07. The van der Waals surface area contributed by atoms with Crippen LogP contribution in [0.1, 0.15) is 24.8 Å². The SMILES string of the molecule is O=C(CCCC(=O)NCc1ccc(-c2nncnn2)cc1)NCCO. The standard InChI is InChI=1S/C16H20N6O3/c23-9-8-17-14(24)2-1-3-15(25)18-10-12-4-6-13(7-5-12)16-21-19-11-20-22-16/h4-7,11,23H,1-3,8-10H2,(H,17,24)(H,18,25). The third kappa shape index (κ3) is 6.60. The van der Waals surface area contributed by atoms with Crippen molar-refractivity contribution in [3.8, 4) is 11.4 Å². The fourth-order valence-electron chi connectivity index (χ4n) is 2.07. The molecule has 0 aliphatic carbocycles. The van der Waals surface area contributed by atoms with Crippen LogP contribution in [0.2, 0.25) is 0 Å². The van der Waals surface area contributed by atoms with Crippen LogP contribution in [0.25, 0.3) is 11.4 Å². The van der Waals surface area contributed by atoms with Crippen LogP contribution in [0.5, 0.6) is 0 Å². The first-order chi connectivity index (χ1) is 12.2. The van der Waals surface area contributed by atoms with Gasteiger partial charge in [0.1, 0.15) is 0 Å². The van der Waals surface area contributed by atoms with E-state index in [0.717, 1.165) is 11.1 Å². The topological polar surface area (TPSA) is 130 Å². The molecule has 9 nitrogen and oxygen atoms in total. The lowest BCUT2D eigenvalue weighted by atomic mass is 10.1. The first kappa shape index (κ1) is 18.4. The summed E-state index contributed by atoms with van der Waals surface area (Å²) >= 11 is 0. The summed E-state index contributed by atoms with van der Waals surface area (Å²) in [6, 6.07) is 7.42. The Morgan fingerprint density at radius 2 is 1.60 bits per heavy atom. The minimum Gasteiger partial charge on any atom is -0.395 e. The molecule has 2 amide bonds. The predicted octanol–water partition coefficient (Wildman–Crippen LogP) is -0.171. The van der Waals surface area contributed by atoms with E-state index in [1.54, 1.807) is 0 Å². The Balaban J connectivity index is 1.70. The highest BCUT2D eigenvalue weighted by Crippen LogP contribution is 2.13. The Labute approximate surface area is 144 Å². The summed E-state index contributed by atoms with van der Waals surface area (Å²) in [5.41, 5.74) is 1.74. The average Bonchev–Trinajstić information content (AvgIpc) is 2.66. The highest BCUT2D eigenvalue weighted by molar-refractivity contribution is 5.78. The Hall–Kier alpha value is -2.94. The molecule has 1 aromatic heterocycles. The Kier molecular flexibility index (Phi) is 7.39. The molecule has 0 saturated heterocycles. The summed E-state index contributed by atoms with van der Waals surface area (Å²) in [6.07, 6.45) is 2.28. The molecular weight excluding hydrogens is 324 g/mol. The third-order valence-electron chi connectivity index (χ3n) is 3.35. The largest absolute Gasteiger partial charge is 0.395 e. The van der Waals surface area contributed by atoms with Crippen LogP contribution in [0.3, 0.4) is 0 Å². The van der Waals surface area contributed by atoms with Crippen LogP contribution >= 0.6 is 0 Å². The number of benzene rings is 1. The Morgan fingerprint density at radius 3 is 2.24 bits per heavy atom. The molecule has 9 heteroatoms. The van der Waals surface area contributed by atoms with Gasteiger partial charge in [-0.25, -0.2) is 0 Å². The maximum absolute atomic E-state index is 11.8. The zero-order valence-corrected chi connectivity index (χ0v) is 13.7. The molecule has 3 N–H and O–H groups in total. The molecule has 0 unspecified atom stereocenters. The van der Waals surface area contributed by atoms with Crippen molar-refractivity contribution in [2.75, 3.05) is 13.2 Å². The molecule has 0 spiro atoms. The number of aromatic nitrogens is 4. The van der Waals surface area contributed by atoms with Crippen LogP contribution in [-0.2, 0) is 16.1 Å². The van der Waals surface area contributed by atoms with Crippen LogP contribution < -0.4 is 10.6 Å². The van der Waals surface area contributed by atoms with E-state index in [2.05, 4.69) is 31.0 Å². The summed E-state index contributed by atoms with van der Waals surface area (Å²) in [7, 11) is 0. The number of hydrogen-bond donors (Lipinski definition) is 3. The van der Waals surface area contributed by atoms with E-state index in [4.69, 9.17) is 5.11 Å².